The van der Waals surface area contributed by atoms with E-state index in [1.165, 1.54) is 11.3 Å². The van der Waals surface area contributed by atoms with Gasteiger partial charge in [-0.3, -0.25) is 0 Å². The van der Waals surface area contributed by atoms with Crippen LogP contribution in [-0.4, -0.2) is 8.07 Å². The Kier molecular flexibility index (Phi) is 3.90. The molecule has 1 aromatic carbocycles. The molecule has 0 atom stereocenters. The maximum atomic E-state index is 5.77. The fraction of sp³-hybridized carbons (Fsp3) is 0.417. The van der Waals surface area contributed by atoms with E-state index in [0.29, 0.717) is 6.61 Å². The summed E-state index contributed by atoms with van der Waals surface area (Å²) in [7, 11) is -1.22. The van der Waals surface area contributed by atoms with E-state index in [0.717, 1.165) is 0 Å². The van der Waals surface area contributed by atoms with E-state index in [1.807, 2.05) is 18.2 Å². The van der Waals surface area contributed by atoms with Gasteiger partial charge in [0.25, 0.3) is 0 Å². The summed E-state index contributed by atoms with van der Waals surface area (Å²) >= 11 is 0. The quantitative estimate of drug-likeness (QED) is 0.685. The fourth-order valence-electron chi connectivity index (χ4n) is 0.982. The first-order valence-electron chi connectivity index (χ1n) is 5.01. The van der Waals surface area contributed by atoms with E-state index in [4.69, 9.17) is 4.74 Å². The number of rotatable bonds is 4. The lowest BCUT2D eigenvalue weighted by Gasteiger charge is -2.24. The van der Waals surface area contributed by atoms with Crippen LogP contribution in [0.3, 0.4) is 0 Å². The molecule has 1 aromatic rings. The number of hydrogen-bond acceptors (Lipinski definition) is 1. The molecule has 1 rings (SSSR count). The summed E-state index contributed by atoms with van der Waals surface area (Å²) in [4.78, 5) is 0. The van der Waals surface area contributed by atoms with Crippen LogP contribution in [0.25, 0.3) is 0 Å². The second-order valence-electron chi connectivity index (χ2n) is 4.58. The number of hydrogen-bond donors (Lipinski definition) is 0. The summed E-state index contributed by atoms with van der Waals surface area (Å²) in [6.45, 7) is 9.71. The molecule has 0 amide bonds. The van der Waals surface area contributed by atoms with Gasteiger partial charge in [0.15, 0.2) is 0 Å². The SMILES string of the molecule is C[C](OCc1ccccc1)[Si](C)(C)C. The van der Waals surface area contributed by atoms with Gasteiger partial charge >= 0.3 is 0 Å². The molecule has 0 heterocycles. The van der Waals surface area contributed by atoms with Crippen molar-refractivity contribution in [2.75, 3.05) is 0 Å². The molecule has 0 aliphatic carbocycles. The van der Waals surface area contributed by atoms with Crippen molar-refractivity contribution >= 4 is 8.07 Å². The van der Waals surface area contributed by atoms with Gasteiger partial charge in [-0.05, 0) is 12.5 Å². The zero-order valence-corrected chi connectivity index (χ0v) is 10.5. The molecule has 14 heavy (non-hydrogen) atoms. The first-order valence-corrected chi connectivity index (χ1v) is 8.51. The van der Waals surface area contributed by atoms with Gasteiger partial charge in [-0.2, -0.15) is 0 Å². The number of ether oxygens (including phenoxy) is 1. The molecule has 0 aliphatic heterocycles. The Balaban J connectivity index is 2.42. The van der Waals surface area contributed by atoms with Gasteiger partial charge in [0.05, 0.1) is 20.4 Å². The Morgan fingerprint density at radius 3 is 2.21 bits per heavy atom. The van der Waals surface area contributed by atoms with Crippen LogP contribution in [-0.2, 0) is 11.3 Å². The Bertz CT molecular complexity index is 263. The molecule has 1 nitrogen and oxygen atoms in total. The highest BCUT2D eigenvalue weighted by atomic mass is 28.3. The van der Waals surface area contributed by atoms with Crippen LogP contribution in [0.1, 0.15) is 12.5 Å². The normalized spacial score (nSPS) is 12.1. The minimum Gasteiger partial charge on any atom is -0.371 e. The van der Waals surface area contributed by atoms with Crippen LogP contribution in [0.15, 0.2) is 30.3 Å². The third kappa shape index (κ3) is 3.64. The summed E-state index contributed by atoms with van der Waals surface area (Å²) in [6, 6.07) is 10.3. The second-order valence-corrected chi connectivity index (χ2v) is 9.78. The van der Waals surface area contributed by atoms with Crippen molar-refractivity contribution in [2.24, 2.45) is 0 Å². The minimum atomic E-state index is -1.22. The second kappa shape index (κ2) is 4.76. The van der Waals surface area contributed by atoms with Crippen molar-refractivity contribution < 1.29 is 4.74 Å². The van der Waals surface area contributed by atoms with Crippen LogP contribution in [0.4, 0.5) is 0 Å². The molecule has 77 valence electrons. The Morgan fingerprint density at radius 2 is 1.71 bits per heavy atom. The van der Waals surface area contributed by atoms with Gasteiger partial charge in [-0.15, -0.1) is 0 Å². The molecule has 2 heteroatoms. The van der Waals surface area contributed by atoms with E-state index in [1.54, 1.807) is 0 Å². The summed E-state index contributed by atoms with van der Waals surface area (Å²) in [6.07, 6.45) is 0. The lowest BCUT2D eigenvalue weighted by molar-refractivity contribution is 0.167. The van der Waals surface area contributed by atoms with Crippen LogP contribution < -0.4 is 0 Å². The Labute approximate surface area is 88.1 Å². The minimum absolute atomic E-state index is 0.705. The van der Waals surface area contributed by atoms with Crippen LogP contribution in [0, 0.1) is 5.73 Å². The lowest BCUT2D eigenvalue weighted by atomic mass is 10.2. The molecule has 1 radical (unpaired) electrons. The summed E-state index contributed by atoms with van der Waals surface area (Å²) < 4.78 is 5.77. The van der Waals surface area contributed by atoms with Gasteiger partial charge in [0.1, 0.15) is 0 Å². The zero-order valence-electron chi connectivity index (χ0n) is 9.50. The highest BCUT2D eigenvalue weighted by Crippen LogP contribution is 2.19. The van der Waals surface area contributed by atoms with Crippen LogP contribution in [0.2, 0.25) is 19.6 Å². The Morgan fingerprint density at radius 1 is 1.14 bits per heavy atom. The smallest absolute Gasteiger partial charge is 0.0854 e. The number of benzene rings is 1. The van der Waals surface area contributed by atoms with E-state index in [9.17, 15) is 0 Å². The third-order valence-electron chi connectivity index (χ3n) is 2.35. The molecule has 0 saturated carbocycles. The molecule has 0 spiro atoms. The molecule has 0 unspecified atom stereocenters. The molecule has 0 aromatic heterocycles. The maximum Gasteiger partial charge on any atom is 0.0854 e. The Hall–Kier alpha value is -0.603. The van der Waals surface area contributed by atoms with E-state index in [-0.39, 0.29) is 0 Å². The first-order chi connectivity index (χ1) is 6.50. The largest absolute Gasteiger partial charge is 0.371 e. The molecule has 0 fully saturated rings. The molecular weight excluding hydrogens is 188 g/mol. The average molecular weight is 207 g/mol. The van der Waals surface area contributed by atoms with Crippen molar-refractivity contribution in [1.82, 2.24) is 0 Å². The highest BCUT2D eigenvalue weighted by molar-refractivity contribution is 6.80. The van der Waals surface area contributed by atoms with Gasteiger partial charge in [0.2, 0.25) is 0 Å². The molecule has 0 N–H and O–H groups in total. The highest BCUT2D eigenvalue weighted by Gasteiger charge is 2.23. The standard InChI is InChI=1S/C12H19OSi/c1-11(14(2,3)4)13-10-12-8-6-5-7-9-12/h5-9H,10H2,1-4H3. The first kappa shape index (κ1) is 11.5. The van der Waals surface area contributed by atoms with Gasteiger partial charge < -0.3 is 4.74 Å². The van der Waals surface area contributed by atoms with Gasteiger partial charge in [-0.25, -0.2) is 0 Å². The predicted molar refractivity (Wildman–Crippen MR) is 63.5 cm³/mol. The summed E-state index contributed by atoms with van der Waals surface area (Å²) in [5.74, 6) is 0. The molecule has 0 aliphatic rings. The van der Waals surface area contributed by atoms with Gasteiger partial charge in [0, 0.05) is 0 Å². The zero-order chi connectivity index (χ0) is 10.6. The van der Waals surface area contributed by atoms with Crippen molar-refractivity contribution in [2.45, 2.75) is 33.2 Å². The summed E-state index contributed by atoms with van der Waals surface area (Å²) in [5, 5.41) is 0. The fourth-order valence-corrected chi connectivity index (χ4v) is 1.49. The van der Waals surface area contributed by atoms with Crippen molar-refractivity contribution in [3.05, 3.63) is 41.6 Å². The topological polar surface area (TPSA) is 9.23 Å². The van der Waals surface area contributed by atoms with Crippen molar-refractivity contribution in [3.8, 4) is 0 Å². The van der Waals surface area contributed by atoms with E-state index in [2.05, 4.69) is 38.7 Å². The van der Waals surface area contributed by atoms with Crippen molar-refractivity contribution in [3.63, 3.8) is 0 Å². The average Bonchev–Trinajstić information content (AvgIpc) is 2.14. The van der Waals surface area contributed by atoms with E-state index < -0.39 is 8.07 Å². The van der Waals surface area contributed by atoms with Gasteiger partial charge in [-0.1, -0.05) is 50.0 Å². The molecular formula is C12H19OSi. The lowest BCUT2D eigenvalue weighted by Crippen LogP contribution is -2.30. The predicted octanol–water partition coefficient (Wildman–Crippen LogP) is 3.63. The monoisotopic (exact) mass is 207 g/mol. The van der Waals surface area contributed by atoms with E-state index >= 15 is 0 Å². The van der Waals surface area contributed by atoms with Crippen molar-refractivity contribution in [1.29, 1.82) is 0 Å². The van der Waals surface area contributed by atoms with Crippen LogP contribution in [0.5, 0.6) is 0 Å². The molecule has 0 saturated heterocycles. The maximum absolute atomic E-state index is 5.77. The molecule has 0 bridgehead atoms. The summed E-state index contributed by atoms with van der Waals surface area (Å²) in [5.41, 5.74) is 2.46. The van der Waals surface area contributed by atoms with Crippen LogP contribution >= 0.6 is 0 Å². The third-order valence-corrected chi connectivity index (χ3v) is 4.61.